The Balaban J connectivity index is 2.07. The van der Waals surface area contributed by atoms with E-state index in [0.717, 1.165) is 24.1 Å². The van der Waals surface area contributed by atoms with Crippen LogP contribution in [0.25, 0.3) is 0 Å². The van der Waals surface area contributed by atoms with Crippen LogP contribution in [0.4, 0.5) is 15.8 Å². The van der Waals surface area contributed by atoms with Gasteiger partial charge in [-0.05, 0) is 41.8 Å². The van der Waals surface area contributed by atoms with Gasteiger partial charge in [0.15, 0.2) is 0 Å². The molecule has 0 spiro atoms. The Morgan fingerprint density at radius 1 is 1.14 bits per heavy atom. The fourth-order valence-electron chi connectivity index (χ4n) is 2.69. The van der Waals surface area contributed by atoms with E-state index in [0.29, 0.717) is 5.69 Å². The number of carbonyl (C=O) groups is 2. The summed E-state index contributed by atoms with van der Waals surface area (Å²) < 4.78 is 18.0. The molecule has 0 N–H and O–H groups in total. The summed E-state index contributed by atoms with van der Waals surface area (Å²) in [6.07, 6.45) is 0. The van der Waals surface area contributed by atoms with E-state index in [1.54, 1.807) is 0 Å². The third-order valence-corrected chi connectivity index (χ3v) is 4.94. The van der Waals surface area contributed by atoms with Gasteiger partial charge in [-0.25, -0.2) is 9.18 Å². The van der Waals surface area contributed by atoms with Crippen LogP contribution >= 0.6 is 11.3 Å². The van der Waals surface area contributed by atoms with Crippen LogP contribution < -0.4 is 4.90 Å². The number of benzene rings is 2. The fraction of sp³-hybridized carbons (Fsp3) is 0.100. The van der Waals surface area contributed by atoms with Crippen molar-refractivity contribution in [2.24, 2.45) is 0 Å². The zero-order valence-electron chi connectivity index (χ0n) is 15.2. The van der Waals surface area contributed by atoms with Crippen LogP contribution in [0, 0.1) is 15.9 Å². The molecule has 0 aliphatic heterocycles. The van der Waals surface area contributed by atoms with Crippen LogP contribution in [0.5, 0.6) is 0 Å². The van der Waals surface area contributed by atoms with Crippen molar-refractivity contribution in [3.8, 4) is 0 Å². The van der Waals surface area contributed by atoms with Gasteiger partial charge in [-0.2, -0.15) is 0 Å². The predicted octanol–water partition coefficient (Wildman–Crippen LogP) is 4.43. The molecule has 1 heterocycles. The third-order valence-electron chi connectivity index (χ3n) is 4.07. The lowest BCUT2D eigenvalue weighted by Gasteiger charge is -2.22. The lowest BCUT2D eigenvalue weighted by atomic mass is 10.1. The third kappa shape index (κ3) is 4.64. The largest absolute Gasteiger partial charge is 0.465 e. The Hall–Kier alpha value is -3.59. The SMILES string of the molecule is COC(=O)c1cc(C(=O)N(Cc2cccs2)c2ccc(F)cc2)cc([N+](=O)[O-])c1. The van der Waals surface area contributed by atoms with E-state index in [4.69, 9.17) is 0 Å². The summed E-state index contributed by atoms with van der Waals surface area (Å²) in [7, 11) is 1.14. The topological polar surface area (TPSA) is 89.8 Å². The molecule has 0 fully saturated rings. The highest BCUT2D eigenvalue weighted by Gasteiger charge is 2.23. The van der Waals surface area contributed by atoms with Crippen LogP contribution in [0.1, 0.15) is 25.6 Å². The minimum Gasteiger partial charge on any atom is -0.465 e. The maximum absolute atomic E-state index is 13.3. The lowest BCUT2D eigenvalue weighted by Crippen LogP contribution is -2.30. The molecule has 0 saturated heterocycles. The maximum atomic E-state index is 13.3. The molecular weight excluding hydrogens is 399 g/mol. The van der Waals surface area contributed by atoms with Crippen LogP contribution in [0.15, 0.2) is 60.0 Å². The molecule has 1 aromatic heterocycles. The maximum Gasteiger partial charge on any atom is 0.338 e. The van der Waals surface area contributed by atoms with Crippen LogP contribution in [0.3, 0.4) is 0 Å². The standard InChI is InChI=1S/C20H15FN2O5S/c1-28-20(25)14-9-13(10-17(11-14)23(26)27)19(24)22(12-18-3-2-8-29-18)16-6-4-15(21)5-7-16/h2-11H,12H2,1H3. The van der Waals surface area contributed by atoms with Crippen molar-refractivity contribution < 1.29 is 23.6 Å². The number of nitrogens with zero attached hydrogens (tertiary/aromatic N) is 2. The number of anilines is 1. The molecule has 148 valence electrons. The Morgan fingerprint density at radius 2 is 1.83 bits per heavy atom. The first-order valence-electron chi connectivity index (χ1n) is 8.36. The summed E-state index contributed by atoms with van der Waals surface area (Å²) in [5.41, 5.74) is -0.164. The Kier molecular flexibility index (Phi) is 5.99. The average Bonchev–Trinajstić information content (AvgIpc) is 3.24. The lowest BCUT2D eigenvalue weighted by molar-refractivity contribution is -0.384. The molecule has 3 rings (SSSR count). The van der Waals surface area contributed by atoms with Gasteiger partial charge in [0.2, 0.25) is 0 Å². The van der Waals surface area contributed by atoms with Crippen molar-refractivity contribution >= 4 is 34.6 Å². The first kappa shape index (κ1) is 20.2. The van der Waals surface area contributed by atoms with Gasteiger partial charge in [0.25, 0.3) is 11.6 Å². The number of halogens is 1. The highest BCUT2D eigenvalue weighted by molar-refractivity contribution is 7.09. The van der Waals surface area contributed by atoms with E-state index in [-0.39, 0.29) is 17.7 Å². The van der Waals surface area contributed by atoms with Crippen molar-refractivity contribution in [1.29, 1.82) is 0 Å². The van der Waals surface area contributed by atoms with E-state index in [2.05, 4.69) is 4.74 Å². The van der Waals surface area contributed by atoms with Gasteiger partial charge in [-0.1, -0.05) is 6.07 Å². The minimum absolute atomic E-state index is 0.0551. The molecule has 1 amide bonds. The summed E-state index contributed by atoms with van der Waals surface area (Å²) in [5.74, 6) is -1.83. The molecular formula is C20H15FN2O5S. The molecule has 0 aliphatic carbocycles. The van der Waals surface area contributed by atoms with Crippen molar-refractivity contribution in [2.45, 2.75) is 6.54 Å². The summed E-state index contributed by atoms with van der Waals surface area (Å²) in [6, 6.07) is 12.4. The van der Waals surface area contributed by atoms with Gasteiger partial charge in [0.1, 0.15) is 5.82 Å². The second-order valence-corrected chi connectivity index (χ2v) is 7.00. The molecule has 0 saturated carbocycles. The molecule has 9 heteroatoms. The van der Waals surface area contributed by atoms with Crippen molar-refractivity contribution in [3.63, 3.8) is 0 Å². The van der Waals surface area contributed by atoms with E-state index < -0.39 is 28.3 Å². The number of carbonyl (C=O) groups excluding carboxylic acids is 2. The molecule has 29 heavy (non-hydrogen) atoms. The molecule has 0 aliphatic rings. The van der Waals surface area contributed by atoms with E-state index in [1.165, 1.54) is 46.6 Å². The van der Waals surface area contributed by atoms with Gasteiger partial charge in [-0.15, -0.1) is 11.3 Å². The van der Waals surface area contributed by atoms with E-state index in [9.17, 15) is 24.1 Å². The smallest absolute Gasteiger partial charge is 0.338 e. The second kappa shape index (κ2) is 8.61. The number of hydrogen-bond donors (Lipinski definition) is 0. The van der Waals surface area contributed by atoms with E-state index in [1.807, 2.05) is 17.5 Å². The zero-order valence-corrected chi connectivity index (χ0v) is 16.0. The number of methoxy groups -OCH3 is 1. The van der Waals surface area contributed by atoms with Gasteiger partial charge in [0, 0.05) is 28.3 Å². The number of rotatable bonds is 6. The Morgan fingerprint density at radius 3 is 2.41 bits per heavy atom. The van der Waals surface area contributed by atoms with Gasteiger partial charge in [-0.3, -0.25) is 14.9 Å². The predicted molar refractivity (Wildman–Crippen MR) is 106 cm³/mol. The quantitative estimate of drug-likeness (QED) is 0.338. The highest BCUT2D eigenvalue weighted by atomic mass is 32.1. The van der Waals surface area contributed by atoms with E-state index >= 15 is 0 Å². The number of non-ortho nitro benzene ring substituents is 1. The summed E-state index contributed by atoms with van der Waals surface area (Å²) in [6.45, 7) is 0.179. The molecule has 0 atom stereocenters. The molecule has 3 aromatic rings. The average molecular weight is 414 g/mol. The van der Waals surface area contributed by atoms with Gasteiger partial charge < -0.3 is 9.64 Å². The first-order chi connectivity index (χ1) is 13.9. The summed E-state index contributed by atoms with van der Waals surface area (Å²) in [4.78, 5) is 37.9. The minimum atomic E-state index is -0.797. The van der Waals surface area contributed by atoms with Crippen LogP contribution in [-0.4, -0.2) is 23.9 Å². The Labute approximate surface area is 169 Å². The first-order valence-corrected chi connectivity index (χ1v) is 9.24. The fourth-order valence-corrected chi connectivity index (χ4v) is 3.38. The molecule has 2 aromatic carbocycles. The molecule has 0 radical (unpaired) electrons. The van der Waals surface area contributed by atoms with Crippen LogP contribution in [0.2, 0.25) is 0 Å². The normalized spacial score (nSPS) is 10.4. The van der Waals surface area contributed by atoms with Gasteiger partial charge >= 0.3 is 5.97 Å². The summed E-state index contributed by atoms with van der Waals surface area (Å²) >= 11 is 1.43. The number of hydrogen-bond acceptors (Lipinski definition) is 6. The highest BCUT2D eigenvalue weighted by Crippen LogP contribution is 2.25. The monoisotopic (exact) mass is 414 g/mol. The molecule has 7 nitrogen and oxygen atoms in total. The number of amides is 1. The number of nitro benzene ring substituents is 1. The van der Waals surface area contributed by atoms with Crippen LogP contribution in [-0.2, 0) is 11.3 Å². The second-order valence-electron chi connectivity index (χ2n) is 5.96. The van der Waals surface area contributed by atoms with Crippen molar-refractivity contribution in [1.82, 2.24) is 0 Å². The number of ether oxygens (including phenoxy) is 1. The zero-order chi connectivity index (χ0) is 21.0. The molecule has 0 bridgehead atoms. The Bertz CT molecular complexity index is 1050. The number of nitro groups is 1. The number of esters is 1. The van der Waals surface area contributed by atoms with Crippen molar-refractivity contribution in [2.75, 3.05) is 12.0 Å². The summed E-state index contributed by atoms with van der Waals surface area (Å²) in [5, 5.41) is 13.1. The van der Waals surface area contributed by atoms with Gasteiger partial charge in [0.05, 0.1) is 24.1 Å². The van der Waals surface area contributed by atoms with Crippen molar-refractivity contribution in [3.05, 3.63) is 91.9 Å². The number of thiophene rings is 1. The molecule has 0 unspecified atom stereocenters.